The van der Waals surface area contributed by atoms with Crippen molar-refractivity contribution in [1.82, 2.24) is 0 Å². The molecule has 5 radical (unpaired) electrons. The van der Waals surface area contributed by atoms with Crippen LogP contribution < -0.4 is 0 Å². The average molecular weight is 364 g/mol. The van der Waals surface area contributed by atoms with Gasteiger partial charge in [-0.3, -0.25) is 4.46 Å². The Bertz CT molecular complexity index is 37.9. The Kier molecular flexibility index (Phi) is 53.9. The largest absolute Gasteiger partial charge is 0 e. The predicted octanol–water partition coefficient (Wildman–Crippen LogP) is -2.91. The van der Waals surface area contributed by atoms with E-state index in [-0.39, 0.29) is 55.2 Å². The first-order valence-electron chi connectivity index (χ1n) is 0.651. The molecular weight excluding hydrogens is 359 g/mol. The van der Waals surface area contributed by atoms with Gasteiger partial charge in [-0.15, -0.1) is 0 Å². The monoisotopic (exact) mass is 363 g/mol. The fourth-order valence-electron chi connectivity index (χ4n) is 0. The number of hydrogen-bond donors (Lipinski definition) is 2. The Morgan fingerprint density at radius 3 is 1.29 bits per heavy atom. The van der Waals surface area contributed by atoms with Crippen LogP contribution >= 0.6 is 0 Å². The van der Waals surface area contributed by atoms with E-state index >= 15 is 0 Å². The Hall–Kier alpha value is 1.23. The molecule has 0 aromatic rings. The van der Waals surface area contributed by atoms with Crippen molar-refractivity contribution in [3.05, 3.63) is 0 Å². The van der Waals surface area contributed by atoms with Crippen molar-refractivity contribution >= 4 is 44.9 Å². The third-order valence-electron chi connectivity index (χ3n) is 0. The molecule has 2 N–H and O–H groups in total. The molecule has 0 spiro atoms. The molecule has 0 atom stereocenters. The second kappa shape index (κ2) is 15.7. The van der Waals surface area contributed by atoms with Gasteiger partial charge >= 0.3 is 36.5 Å². The van der Waals surface area contributed by atoms with Gasteiger partial charge < -0.3 is 9.59 Å². The van der Waals surface area contributed by atoms with Gasteiger partial charge in [0.25, 0.3) is 0 Å². The van der Waals surface area contributed by atoms with Crippen LogP contribution in [0.3, 0.4) is 0 Å². The van der Waals surface area contributed by atoms with Crippen molar-refractivity contribution in [1.29, 1.82) is 0 Å². The van der Waals surface area contributed by atoms with Gasteiger partial charge in [0.1, 0.15) is 0 Å². The molecule has 0 aromatic carbocycles. The molecule has 0 fully saturated rings. The van der Waals surface area contributed by atoms with E-state index in [1.807, 2.05) is 0 Å². The second-order valence-electron chi connectivity index (χ2n) is 0.283. The molecule has 0 saturated heterocycles. The van der Waals surface area contributed by atoms with Crippen LogP contribution in [0.2, 0.25) is 0 Å². The van der Waals surface area contributed by atoms with Crippen molar-refractivity contribution in [2.45, 2.75) is 0 Å². The minimum atomic E-state index is -3.13. The second-order valence-corrected chi connectivity index (χ2v) is 0.848. The SMILES string of the molecule is O=[Si](O)O.[B].[PbH2].[Zn]. The fraction of sp³-hybridized carbons (Fsp3) is 0. The van der Waals surface area contributed by atoms with Gasteiger partial charge in [0.15, 0.2) is 0 Å². The van der Waals surface area contributed by atoms with Gasteiger partial charge in [0.05, 0.1) is 0 Å². The van der Waals surface area contributed by atoms with E-state index in [1.165, 1.54) is 0 Å². The normalized spacial score (nSPS) is 3.43. The summed E-state index contributed by atoms with van der Waals surface area (Å²) in [5.74, 6) is 0. The quantitative estimate of drug-likeness (QED) is 0.454. The molecule has 3 nitrogen and oxygen atoms in total. The molecule has 0 amide bonds. The minimum Gasteiger partial charge on any atom is 0 e. The van der Waals surface area contributed by atoms with Crippen molar-refractivity contribution in [3.8, 4) is 0 Å². The molecule has 0 aliphatic heterocycles. The van der Waals surface area contributed by atoms with Crippen LogP contribution in [0.5, 0.6) is 0 Å². The van der Waals surface area contributed by atoms with E-state index in [0.717, 1.165) is 0 Å². The number of rotatable bonds is 0. The summed E-state index contributed by atoms with van der Waals surface area (Å²) in [6.07, 6.45) is 0. The molecule has 0 aliphatic carbocycles. The van der Waals surface area contributed by atoms with Crippen LogP contribution in [0, 0.1) is 0 Å². The summed E-state index contributed by atoms with van der Waals surface area (Å²) in [6, 6.07) is 0. The van der Waals surface area contributed by atoms with Gasteiger partial charge in [-0.05, 0) is 0 Å². The van der Waals surface area contributed by atoms with E-state index in [0.29, 0.717) is 0 Å². The summed E-state index contributed by atoms with van der Waals surface area (Å²) < 4.78 is 8.74. The first kappa shape index (κ1) is 24.0. The molecule has 0 saturated carbocycles. The minimum absolute atomic E-state index is 0. The molecule has 0 rings (SSSR count). The van der Waals surface area contributed by atoms with Crippen LogP contribution in [0.4, 0.5) is 0 Å². The fourth-order valence-corrected chi connectivity index (χ4v) is 0. The molecular formula is H4BO3PbSiZn. The Morgan fingerprint density at radius 2 is 1.29 bits per heavy atom. The summed E-state index contributed by atoms with van der Waals surface area (Å²) in [6.45, 7) is 0. The first-order chi connectivity index (χ1) is 1.73. The molecule has 35 valence electrons. The maximum absolute atomic E-state index is 8.74. The van der Waals surface area contributed by atoms with Gasteiger partial charge in [-0.25, -0.2) is 0 Å². The summed E-state index contributed by atoms with van der Waals surface area (Å²) in [4.78, 5) is 14.3. The van der Waals surface area contributed by atoms with Crippen molar-refractivity contribution in [2.75, 3.05) is 0 Å². The van der Waals surface area contributed by atoms with Crippen LogP contribution in [-0.4, -0.2) is 54.5 Å². The molecule has 7 heteroatoms. The number of hydrogen-bond acceptors (Lipinski definition) is 1. The van der Waals surface area contributed by atoms with Gasteiger partial charge in [-0.1, -0.05) is 0 Å². The predicted molar refractivity (Wildman–Crippen MR) is 25.2 cm³/mol. The molecule has 0 aromatic heterocycles. The summed E-state index contributed by atoms with van der Waals surface area (Å²) in [5.41, 5.74) is 0. The molecule has 7 heavy (non-hydrogen) atoms. The van der Waals surface area contributed by atoms with E-state index in [1.54, 1.807) is 0 Å². The van der Waals surface area contributed by atoms with Gasteiger partial charge in [-0.2, -0.15) is 0 Å². The zero-order valence-electron chi connectivity index (χ0n) is 3.79. The Labute approximate surface area is 77.9 Å². The van der Waals surface area contributed by atoms with Gasteiger partial charge in [0.2, 0.25) is 0 Å². The third kappa shape index (κ3) is 131. The Morgan fingerprint density at radius 1 is 1.29 bits per heavy atom. The topological polar surface area (TPSA) is 57.5 Å². The van der Waals surface area contributed by atoms with E-state index in [9.17, 15) is 0 Å². The van der Waals surface area contributed by atoms with Crippen molar-refractivity contribution < 1.29 is 33.5 Å². The van der Waals surface area contributed by atoms with E-state index in [4.69, 9.17) is 14.1 Å². The standard InChI is InChI=1S/B.H2O3Si.Pb.Zn.2H/c;1-4(2)3;;;;/h;1-2H;;;;. The zero-order valence-corrected chi connectivity index (χ0v) is 13.3. The Balaban J connectivity index is -0.0000000150. The van der Waals surface area contributed by atoms with E-state index in [2.05, 4.69) is 0 Å². The summed E-state index contributed by atoms with van der Waals surface area (Å²) in [7, 11) is -3.13. The molecule has 0 heterocycles. The average Bonchev–Trinajstić information content (AvgIpc) is 0.811. The third-order valence-corrected chi connectivity index (χ3v) is 0. The smallest absolute Gasteiger partial charge is 0 e. The zero-order chi connectivity index (χ0) is 3.58. The van der Waals surface area contributed by atoms with Crippen LogP contribution in [0.15, 0.2) is 0 Å². The molecule has 0 bridgehead atoms. The molecule has 0 unspecified atom stereocenters. The van der Waals surface area contributed by atoms with Crippen LogP contribution in [0.25, 0.3) is 0 Å². The van der Waals surface area contributed by atoms with Crippen molar-refractivity contribution in [3.63, 3.8) is 0 Å². The maximum atomic E-state index is 8.74. The van der Waals surface area contributed by atoms with Gasteiger partial charge in [0, 0.05) is 27.9 Å². The van der Waals surface area contributed by atoms with E-state index < -0.39 is 9.17 Å². The molecule has 0 aliphatic rings. The van der Waals surface area contributed by atoms with Crippen molar-refractivity contribution in [2.24, 2.45) is 0 Å². The first-order valence-corrected chi connectivity index (χ1v) is 1.95. The maximum Gasteiger partial charge on any atom is 0 e. The summed E-state index contributed by atoms with van der Waals surface area (Å²) >= 11 is 0. The van der Waals surface area contributed by atoms with Crippen LogP contribution in [-0.2, 0) is 23.9 Å². The van der Waals surface area contributed by atoms with Crippen LogP contribution in [0.1, 0.15) is 0 Å². The summed E-state index contributed by atoms with van der Waals surface area (Å²) in [5, 5.41) is 0.